The Kier molecular flexibility index (Phi) is 10.2. The Balaban J connectivity index is 1.15. The molecule has 0 fully saturated rings. The molecule has 0 heterocycles. The van der Waals surface area contributed by atoms with E-state index in [1.807, 2.05) is 48.5 Å². The van der Waals surface area contributed by atoms with Crippen molar-refractivity contribution in [1.29, 1.82) is 0 Å². The van der Waals surface area contributed by atoms with Crippen molar-refractivity contribution in [1.82, 2.24) is 0 Å². The molecule has 7 rings (SSSR count). The van der Waals surface area contributed by atoms with Crippen LogP contribution in [-0.2, 0) is 15.0 Å². The standard InChI is InChI=1S/C41H28Br2Cl2N2O4/c42-35-21-27(44)13-19-37(35)50-23-39(48)46-29-15-9-25(10-16-29)41(33-7-3-1-5-31(33)32-6-2-4-8-34(32)41)26-11-17-30(18-12-26)47-40(49)24-51-38-20-14-28(45)22-36(38)43/h1-22H,23-24H2,(H,46,48)(H,47,49). The zero-order valence-corrected chi connectivity index (χ0v) is 31.4. The van der Waals surface area contributed by atoms with Crippen molar-refractivity contribution in [3.05, 3.63) is 175 Å². The van der Waals surface area contributed by atoms with Gasteiger partial charge in [0.2, 0.25) is 0 Å². The first-order chi connectivity index (χ1) is 24.7. The van der Waals surface area contributed by atoms with Crippen LogP contribution in [0.3, 0.4) is 0 Å². The number of hydrogen-bond donors (Lipinski definition) is 2. The normalized spacial score (nSPS) is 12.4. The Hall–Kier alpha value is -4.60. The van der Waals surface area contributed by atoms with E-state index in [0.29, 0.717) is 41.9 Å². The van der Waals surface area contributed by atoms with E-state index in [1.54, 1.807) is 36.4 Å². The van der Waals surface area contributed by atoms with E-state index in [4.69, 9.17) is 32.7 Å². The first kappa shape index (κ1) is 34.8. The average Bonchev–Trinajstić information content (AvgIpc) is 3.43. The number of benzene rings is 6. The Morgan fingerprint density at radius 1 is 0.549 bits per heavy atom. The highest BCUT2D eigenvalue weighted by molar-refractivity contribution is 9.11. The van der Waals surface area contributed by atoms with Crippen LogP contribution in [-0.4, -0.2) is 25.0 Å². The molecule has 0 saturated carbocycles. The predicted molar refractivity (Wildman–Crippen MR) is 210 cm³/mol. The topological polar surface area (TPSA) is 76.7 Å². The van der Waals surface area contributed by atoms with E-state index in [1.165, 1.54) is 0 Å². The third-order valence-corrected chi connectivity index (χ3v) is 10.4. The molecule has 0 aliphatic heterocycles. The lowest BCUT2D eigenvalue weighted by atomic mass is 9.67. The first-order valence-electron chi connectivity index (χ1n) is 15.9. The van der Waals surface area contributed by atoms with Gasteiger partial charge in [-0.15, -0.1) is 0 Å². The van der Waals surface area contributed by atoms with Gasteiger partial charge in [0, 0.05) is 21.4 Å². The quantitative estimate of drug-likeness (QED) is 0.144. The molecule has 6 aromatic carbocycles. The Morgan fingerprint density at radius 3 is 1.33 bits per heavy atom. The lowest BCUT2D eigenvalue weighted by molar-refractivity contribution is -0.118. The van der Waals surface area contributed by atoms with Crippen LogP contribution in [0.15, 0.2) is 142 Å². The number of halogens is 4. The van der Waals surface area contributed by atoms with E-state index in [0.717, 1.165) is 33.4 Å². The van der Waals surface area contributed by atoms with E-state index in [2.05, 4.69) is 91.0 Å². The van der Waals surface area contributed by atoms with Gasteiger partial charge in [0.1, 0.15) is 11.5 Å². The summed E-state index contributed by atoms with van der Waals surface area (Å²) in [6.07, 6.45) is 0. The van der Waals surface area contributed by atoms with Crippen LogP contribution in [0.25, 0.3) is 11.1 Å². The molecule has 1 aliphatic carbocycles. The van der Waals surface area contributed by atoms with Gasteiger partial charge < -0.3 is 20.1 Å². The minimum atomic E-state index is -0.661. The van der Waals surface area contributed by atoms with Crippen molar-refractivity contribution in [2.24, 2.45) is 0 Å². The highest BCUT2D eigenvalue weighted by Crippen LogP contribution is 2.56. The molecule has 10 heteroatoms. The first-order valence-corrected chi connectivity index (χ1v) is 18.2. The third-order valence-electron chi connectivity index (χ3n) is 8.66. The molecule has 6 nitrogen and oxygen atoms in total. The molecule has 254 valence electrons. The van der Waals surface area contributed by atoms with Gasteiger partial charge in [0.05, 0.1) is 14.4 Å². The molecule has 2 N–H and O–H groups in total. The highest BCUT2D eigenvalue weighted by atomic mass is 79.9. The molecule has 0 atom stereocenters. The molecular formula is C41H28Br2Cl2N2O4. The van der Waals surface area contributed by atoms with Crippen LogP contribution in [0, 0.1) is 0 Å². The van der Waals surface area contributed by atoms with Crippen LogP contribution in [0.2, 0.25) is 10.0 Å². The van der Waals surface area contributed by atoms with Gasteiger partial charge in [0.25, 0.3) is 11.8 Å². The molecule has 6 aromatic rings. The fourth-order valence-electron chi connectivity index (χ4n) is 6.50. The summed E-state index contributed by atoms with van der Waals surface area (Å²) in [6.45, 7) is -0.333. The van der Waals surface area contributed by atoms with Crippen molar-refractivity contribution in [3.8, 4) is 22.6 Å². The number of nitrogens with one attached hydrogen (secondary N) is 2. The zero-order valence-electron chi connectivity index (χ0n) is 26.8. The average molecular weight is 843 g/mol. The largest absolute Gasteiger partial charge is 0.483 e. The van der Waals surface area contributed by atoms with Crippen molar-refractivity contribution in [2.75, 3.05) is 23.8 Å². The summed E-state index contributed by atoms with van der Waals surface area (Å²) < 4.78 is 12.7. The second-order valence-corrected chi connectivity index (χ2v) is 14.4. The minimum Gasteiger partial charge on any atom is -0.483 e. The van der Waals surface area contributed by atoms with Crippen LogP contribution in [0.1, 0.15) is 22.3 Å². The van der Waals surface area contributed by atoms with Crippen molar-refractivity contribution in [2.45, 2.75) is 5.41 Å². The van der Waals surface area contributed by atoms with Gasteiger partial charge in [-0.25, -0.2) is 0 Å². The minimum absolute atomic E-state index is 0.166. The molecule has 0 spiro atoms. The van der Waals surface area contributed by atoms with Gasteiger partial charge in [0.15, 0.2) is 13.2 Å². The Morgan fingerprint density at radius 2 is 0.941 bits per heavy atom. The number of rotatable bonds is 10. The second-order valence-electron chi connectivity index (χ2n) is 11.8. The van der Waals surface area contributed by atoms with E-state index < -0.39 is 5.41 Å². The summed E-state index contributed by atoms with van der Waals surface area (Å²) >= 11 is 18.9. The van der Waals surface area contributed by atoms with Gasteiger partial charge in [-0.2, -0.15) is 0 Å². The van der Waals surface area contributed by atoms with Gasteiger partial charge in [-0.05, 0) is 126 Å². The van der Waals surface area contributed by atoms with Gasteiger partial charge >= 0.3 is 0 Å². The van der Waals surface area contributed by atoms with E-state index in [9.17, 15) is 9.59 Å². The number of fused-ring (bicyclic) bond motifs is 3. The maximum Gasteiger partial charge on any atom is 0.262 e. The van der Waals surface area contributed by atoms with Crippen molar-refractivity contribution in [3.63, 3.8) is 0 Å². The number of anilines is 2. The highest BCUT2D eigenvalue weighted by Gasteiger charge is 2.45. The molecule has 0 radical (unpaired) electrons. The zero-order chi connectivity index (χ0) is 35.5. The molecular weight excluding hydrogens is 815 g/mol. The summed E-state index contributed by atoms with van der Waals surface area (Å²) in [6, 6.07) is 42.9. The maximum absolute atomic E-state index is 12.8. The van der Waals surface area contributed by atoms with Crippen molar-refractivity contribution >= 4 is 78.3 Å². The predicted octanol–water partition coefficient (Wildman–Crippen LogP) is 10.9. The number of carbonyl (C=O) groups excluding carboxylic acids is 2. The fraction of sp³-hybridized carbons (Fsp3) is 0.0732. The molecule has 51 heavy (non-hydrogen) atoms. The summed E-state index contributed by atoms with van der Waals surface area (Å²) in [5.74, 6) is 0.463. The van der Waals surface area contributed by atoms with Gasteiger partial charge in [-0.3, -0.25) is 9.59 Å². The van der Waals surface area contributed by atoms with Gasteiger partial charge in [-0.1, -0.05) is 96.0 Å². The number of carbonyl (C=O) groups is 2. The van der Waals surface area contributed by atoms with E-state index >= 15 is 0 Å². The molecule has 1 aliphatic rings. The van der Waals surface area contributed by atoms with Crippen LogP contribution >= 0.6 is 55.1 Å². The second kappa shape index (κ2) is 14.9. The van der Waals surface area contributed by atoms with Crippen LogP contribution in [0.5, 0.6) is 11.5 Å². The molecule has 0 bridgehead atoms. The smallest absolute Gasteiger partial charge is 0.262 e. The molecule has 0 saturated heterocycles. The lowest BCUT2D eigenvalue weighted by Gasteiger charge is -2.34. The van der Waals surface area contributed by atoms with Crippen molar-refractivity contribution < 1.29 is 19.1 Å². The maximum atomic E-state index is 12.8. The SMILES string of the molecule is O=C(COc1ccc(Cl)cc1Br)Nc1ccc(C2(c3ccc(NC(=O)COc4ccc(Cl)cc4Br)cc3)c3ccccc3-c3ccccc32)cc1. The van der Waals surface area contributed by atoms with Crippen LogP contribution < -0.4 is 20.1 Å². The fourth-order valence-corrected chi connectivity index (χ4v) is 8.09. The van der Waals surface area contributed by atoms with Crippen LogP contribution in [0.4, 0.5) is 11.4 Å². The Bertz CT molecular complexity index is 2100. The van der Waals surface area contributed by atoms with E-state index in [-0.39, 0.29) is 25.0 Å². The third kappa shape index (κ3) is 7.14. The molecule has 0 unspecified atom stereocenters. The lowest BCUT2D eigenvalue weighted by Crippen LogP contribution is -2.28. The number of hydrogen-bond acceptors (Lipinski definition) is 4. The number of amides is 2. The monoisotopic (exact) mass is 840 g/mol. The summed E-state index contributed by atoms with van der Waals surface area (Å²) in [4.78, 5) is 25.7. The molecule has 0 aromatic heterocycles. The molecule has 2 amide bonds. The number of ether oxygens (including phenoxy) is 2. The Labute approximate surface area is 322 Å². The summed E-state index contributed by atoms with van der Waals surface area (Å²) in [5, 5.41) is 7.01. The summed E-state index contributed by atoms with van der Waals surface area (Å²) in [7, 11) is 0. The summed E-state index contributed by atoms with van der Waals surface area (Å²) in [5.41, 5.74) is 7.26.